The first-order valence-corrected chi connectivity index (χ1v) is 4.19. The number of aldehydes is 1. The third-order valence-electron chi connectivity index (χ3n) is 1.40. The van der Waals surface area contributed by atoms with Crippen molar-refractivity contribution in [1.29, 1.82) is 0 Å². The van der Waals surface area contributed by atoms with E-state index in [0.29, 0.717) is 6.29 Å². The van der Waals surface area contributed by atoms with Crippen LogP contribution in [0.15, 0.2) is 12.1 Å². The second kappa shape index (κ2) is 4.57. The van der Waals surface area contributed by atoms with Crippen LogP contribution in [-0.2, 0) is 0 Å². The van der Waals surface area contributed by atoms with Gasteiger partial charge >= 0.3 is 6.61 Å². The van der Waals surface area contributed by atoms with Crippen LogP contribution in [0.25, 0.3) is 0 Å². The lowest BCUT2D eigenvalue weighted by Crippen LogP contribution is -2.02. The highest BCUT2D eigenvalue weighted by Gasteiger charge is 2.10. The Morgan fingerprint density at radius 1 is 1.29 bits per heavy atom. The molecular formula is C8H4Cl2F2O2. The molecule has 1 rings (SSSR count). The van der Waals surface area contributed by atoms with E-state index in [9.17, 15) is 13.6 Å². The van der Waals surface area contributed by atoms with E-state index in [1.54, 1.807) is 0 Å². The van der Waals surface area contributed by atoms with Crippen LogP contribution in [0.1, 0.15) is 10.4 Å². The lowest BCUT2D eigenvalue weighted by molar-refractivity contribution is -0.0498. The van der Waals surface area contributed by atoms with Crippen molar-refractivity contribution < 1.29 is 18.3 Å². The Hall–Kier alpha value is -0.870. The third kappa shape index (κ3) is 2.56. The maximum absolute atomic E-state index is 11.8. The average Bonchev–Trinajstić information content (AvgIpc) is 2.01. The summed E-state index contributed by atoms with van der Waals surface area (Å²) in [5, 5.41) is -0.0497. The summed E-state index contributed by atoms with van der Waals surface area (Å²) in [6.45, 7) is -2.95. The van der Waals surface area contributed by atoms with Crippen LogP contribution in [0.2, 0.25) is 10.0 Å². The van der Waals surface area contributed by atoms with Gasteiger partial charge in [0.1, 0.15) is 5.75 Å². The van der Waals surface area contributed by atoms with Gasteiger partial charge in [-0.2, -0.15) is 8.78 Å². The first kappa shape index (κ1) is 11.2. The summed E-state index contributed by atoms with van der Waals surface area (Å²) in [6.07, 6.45) is 0.441. The van der Waals surface area contributed by atoms with E-state index >= 15 is 0 Å². The first-order valence-electron chi connectivity index (χ1n) is 3.43. The quantitative estimate of drug-likeness (QED) is 0.758. The zero-order valence-corrected chi connectivity index (χ0v) is 8.15. The van der Waals surface area contributed by atoms with Crippen molar-refractivity contribution in [3.05, 3.63) is 27.7 Å². The molecule has 0 saturated heterocycles. The van der Waals surface area contributed by atoms with E-state index in [4.69, 9.17) is 23.2 Å². The fraction of sp³-hybridized carbons (Fsp3) is 0.125. The maximum Gasteiger partial charge on any atom is 0.387 e. The summed E-state index contributed by atoms with van der Waals surface area (Å²) in [7, 11) is 0. The molecule has 0 saturated carbocycles. The summed E-state index contributed by atoms with van der Waals surface area (Å²) >= 11 is 11.2. The smallest absolute Gasteiger partial charge is 0.387 e. The molecule has 0 N–H and O–H groups in total. The molecule has 0 fully saturated rings. The molecule has 0 aliphatic rings. The Bertz CT molecular complexity index is 332. The molecule has 0 aromatic heterocycles. The van der Waals surface area contributed by atoms with E-state index < -0.39 is 6.61 Å². The number of carbonyl (C=O) groups is 1. The molecule has 1 aromatic carbocycles. The molecule has 0 amide bonds. The van der Waals surface area contributed by atoms with Gasteiger partial charge in [0.05, 0.1) is 15.6 Å². The minimum absolute atomic E-state index is 0.0249. The molecular weight excluding hydrogens is 237 g/mol. The molecule has 0 bridgehead atoms. The maximum atomic E-state index is 11.8. The average molecular weight is 241 g/mol. The molecule has 0 heterocycles. The molecule has 76 valence electrons. The molecule has 0 aliphatic heterocycles. The van der Waals surface area contributed by atoms with Gasteiger partial charge in [-0.3, -0.25) is 4.79 Å². The molecule has 2 nitrogen and oxygen atoms in total. The minimum Gasteiger partial charge on any atom is -0.435 e. The number of carbonyl (C=O) groups excluding carboxylic acids is 1. The van der Waals surface area contributed by atoms with Crippen molar-refractivity contribution in [2.75, 3.05) is 0 Å². The SMILES string of the molecule is O=Cc1c(Cl)cc(OC(F)F)cc1Cl. The van der Waals surface area contributed by atoms with Crippen molar-refractivity contribution in [1.82, 2.24) is 0 Å². The molecule has 0 atom stereocenters. The van der Waals surface area contributed by atoms with Gasteiger partial charge in [0.25, 0.3) is 0 Å². The van der Waals surface area contributed by atoms with E-state index in [1.807, 2.05) is 0 Å². The molecule has 0 unspecified atom stereocenters. The largest absolute Gasteiger partial charge is 0.435 e. The zero-order valence-electron chi connectivity index (χ0n) is 6.64. The number of hydrogen-bond acceptors (Lipinski definition) is 2. The Kier molecular flexibility index (Phi) is 3.66. The fourth-order valence-electron chi connectivity index (χ4n) is 0.845. The first-order chi connectivity index (χ1) is 6.54. The molecule has 0 spiro atoms. The van der Waals surface area contributed by atoms with Gasteiger partial charge in [-0.15, -0.1) is 0 Å². The van der Waals surface area contributed by atoms with Gasteiger partial charge in [-0.1, -0.05) is 23.2 Å². The number of rotatable bonds is 3. The topological polar surface area (TPSA) is 26.3 Å². The third-order valence-corrected chi connectivity index (χ3v) is 2.02. The second-order valence-corrected chi connectivity index (χ2v) is 3.11. The van der Waals surface area contributed by atoms with Crippen LogP contribution >= 0.6 is 23.2 Å². The minimum atomic E-state index is -2.95. The van der Waals surface area contributed by atoms with E-state index in [2.05, 4.69) is 4.74 Å². The normalized spacial score (nSPS) is 10.4. The number of halogens is 4. The van der Waals surface area contributed by atoms with Gasteiger partial charge in [0.15, 0.2) is 6.29 Å². The van der Waals surface area contributed by atoms with Crippen LogP contribution < -0.4 is 4.74 Å². The van der Waals surface area contributed by atoms with Crippen LogP contribution in [0.4, 0.5) is 8.78 Å². The lowest BCUT2D eigenvalue weighted by Gasteiger charge is -2.06. The Morgan fingerprint density at radius 3 is 2.14 bits per heavy atom. The van der Waals surface area contributed by atoms with E-state index in [-0.39, 0.29) is 21.4 Å². The van der Waals surface area contributed by atoms with Crippen molar-refractivity contribution in [2.24, 2.45) is 0 Å². The summed E-state index contributed by atoms with van der Waals surface area (Å²) < 4.78 is 27.6. The molecule has 0 radical (unpaired) electrons. The van der Waals surface area contributed by atoms with Gasteiger partial charge in [0.2, 0.25) is 0 Å². The zero-order chi connectivity index (χ0) is 10.7. The van der Waals surface area contributed by atoms with Crippen LogP contribution in [0.5, 0.6) is 5.75 Å². The van der Waals surface area contributed by atoms with Crippen LogP contribution in [0, 0.1) is 0 Å². The number of ether oxygens (including phenoxy) is 1. The Morgan fingerprint density at radius 2 is 1.79 bits per heavy atom. The summed E-state index contributed by atoms with van der Waals surface area (Å²) in [6, 6.07) is 2.20. The predicted octanol–water partition coefficient (Wildman–Crippen LogP) is 3.41. The monoisotopic (exact) mass is 240 g/mol. The Balaban J connectivity index is 3.07. The molecule has 6 heteroatoms. The standard InChI is InChI=1S/C8H4Cl2F2O2/c9-6-1-4(14-8(11)12)2-7(10)5(6)3-13/h1-3,8H. The number of hydrogen-bond donors (Lipinski definition) is 0. The van der Waals surface area contributed by atoms with Crippen molar-refractivity contribution in [3.63, 3.8) is 0 Å². The van der Waals surface area contributed by atoms with Gasteiger partial charge in [0, 0.05) is 0 Å². The summed E-state index contributed by atoms with van der Waals surface area (Å²) in [4.78, 5) is 10.4. The van der Waals surface area contributed by atoms with Gasteiger partial charge in [-0.25, -0.2) is 0 Å². The second-order valence-electron chi connectivity index (χ2n) is 2.30. The Labute approximate surface area is 88.4 Å². The van der Waals surface area contributed by atoms with Crippen molar-refractivity contribution >= 4 is 29.5 Å². The van der Waals surface area contributed by atoms with E-state index in [1.165, 1.54) is 0 Å². The highest BCUT2D eigenvalue weighted by molar-refractivity contribution is 6.38. The number of benzene rings is 1. The van der Waals surface area contributed by atoms with Gasteiger partial charge < -0.3 is 4.74 Å². The highest BCUT2D eigenvalue weighted by atomic mass is 35.5. The van der Waals surface area contributed by atoms with Crippen molar-refractivity contribution in [3.8, 4) is 5.75 Å². The molecule has 14 heavy (non-hydrogen) atoms. The van der Waals surface area contributed by atoms with Crippen LogP contribution in [-0.4, -0.2) is 12.9 Å². The predicted molar refractivity (Wildman–Crippen MR) is 48.5 cm³/mol. The summed E-state index contributed by atoms with van der Waals surface area (Å²) in [5.74, 6) is -0.180. The lowest BCUT2D eigenvalue weighted by atomic mass is 10.2. The van der Waals surface area contributed by atoms with Gasteiger partial charge in [-0.05, 0) is 12.1 Å². The van der Waals surface area contributed by atoms with Crippen LogP contribution in [0.3, 0.4) is 0 Å². The van der Waals surface area contributed by atoms with E-state index in [0.717, 1.165) is 12.1 Å². The summed E-state index contributed by atoms with van der Waals surface area (Å²) in [5.41, 5.74) is 0.0509. The fourth-order valence-corrected chi connectivity index (χ4v) is 1.40. The highest BCUT2D eigenvalue weighted by Crippen LogP contribution is 2.29. The molecule has 0 aliphatic carbocycles. The number of alkyl halides is 2. The van der Waals surface area contributed by atoms with Crippen molar-refractivity contribution in [2.45, 2.75) is 6.61 Å². The molecule has 1 aromatic rings.